The number of aliphatic hydroxyl groups excluding tert-OH is 1. The van der Waals surface area contributed by atoms with Gasteiger partial charge in [-0.2, -0.15) is 0 Å². The minimum atomic E-state index is -0.660. The second-order valence-electron chi connectivity index (χ2n) is 7.77. The summed E-state index contributed by atoms with van der Waals surface area (Å²) in [7, 11) is 0. The zero-order valence-corrected chi connectivity index (χ0v) is 17.2. The van der Waals surface area contributed by atoms with Gasteiger partial charge in [0.2, 0.25) is 11.9 Å². The molecule has 3 aromatic rings. The van der Waals surface area contributed by atoms with Crippen LogP contribution >= 0.6 is 0 Å². The van der Waals surface area contributed by atoms with E-state index in [1.807, 2.05) is 18.2 Å². The zero-order chi connectivity index (χ0) is 21.4. The number of nitrogens with zero attached hydrogens (tertiary/aromatic N) is 6. The molecule has 0 aromatic carbocycles. The van der Waals surface area contributed by atoms with Crippen molar-refractivity contribution in [2.45, 2.75) is 19.4 Å². The van der Waals surface area contributed by atoms with Crippen LogP contribution in [0.1, 0.15) is 25.1 Å². The summed E-state index contributed by atoms with van der Waals surface area (Å²) in [5.74, 6) is 1.81. The molecule has 5 heterocycles. The maximum atomic E-state index is 12.1. The van der Waals surface area contributed by atoms with Crippen LogP contribution in [0.2, 0.25) is 0 Å². The van der Waals surface area contributed by atoms with Gasteiger partial charge in [-0.05, 0) is 31.5 Å². The van der Waals surface area contributed by atoms with E-state index in [2.05, 4.69) is 35.5 Å². The number of carbonyl (C=O) groups is 1. The minimum absolute atomic E-state index is 0.0363. The Morgan fingerprint density at radius 1 is 1.16 bits per heavy atom. The van der Waals surface area contributed by atoms with E-state index in [1.54, 1.807) is 24.2 Å². The lowest BCUT2D eigenvalue weighted by atomic mass is 10.1. The van der Waals surface area contributed by atoms with Gasteiger partial charge in [0, 0.05) is 37.8 Å². The maximum absolute atomic E-state index is 12.1. The summed E-state index contributed by atoms with van der Waals surface area (Å²) in [6.45, 7) is 5.28. The molecular formula is C21H24N8O2. The van der Waals surface area contributed by atoms with E-state index >= 15 is 0 Å². The minimum Gasteiger partial charge on any atom is -0.387 e. The van der Waals surface area contributed by atoms with Gasteiger partial charge in [0.15, 0.2) is 5.82 Å². The van der Waals surface area contributed by atoms with Crippen LogP contribution in [0, 0.1) is 0 Å². The summed E-state index contributed by atoms with van der Waals surface area (Å²) >= 11 is 0. The van der Waals surface area contributed by atoms with Crippen LogP contribution in [-0.4, -0.2) is 63.7 Å². The summed E-state index contributed by atoms with van der Waals surface area (Å²) in [6, 6.07) is 5.50. The van der Waals surface area contributed by atoms with E-state index in [1.165, 1.54) is 0 Å². The SMILES string of the molecule is CC(O)c1cc2cnc(Nc3ccc(N4CCNCC4=O)cn3)nc2c(N2CCC2)n1. The lowest BCUT2D eigenvalue weighted by molar-refractivity contribution is -0.118. The number of piperazine rings is 1. The zero-order valence-electron chi connectivity index (χ0n) is 17.2. The van der Waals surface area contributed by atoms with Crippen molar-refractivity contribution in [3.05, 3.63) is 36.3 Å². The number of anilines is 4. The van der Waals surface area contributed by atoms with Crippen molar-refractivity contribution < 1.29 is 9.90 Å². The normalized spacial score (nSPS) is 17.5. The number of amides is 1. The smallest absolute Gasteiger partial charge is 0.241 e. The number of nitrogens with one attached hydrogen (secondary N) is 2. The molecule has 1 amide bonds. The van der Waals surface area contributed by atoms with Gasteiger partial charge in [0.1, 0.15) is 11.3 Å². The molecule has 31 heavy (non-hydrogen) atoms. The summed E-state index contributed by atoms with van der Waals surface area (Å²) < 4.78 is 0. The Morgan fingerprint density at radius 2 is 2.03 bits per heavy atom. The van der Waals surface area contributed by atoms with Crippen LogP contribution in [-0.2, 0) is 4.79 Å². The Hall–Kier alpha value is -3.37. The summed E-state index contributed by atoms with van der Waals surface area (Å²) in [5.41, 5.74) is 2.12. The highest BCUT2D eigenvalue weighted by molar-refractivity contribution is 5.95. The highest BCUT2D eigenvalue weighted by atomic mass is 16.3. The molecule has 2 fully saturated rings. The van der Waals surface area contributed by atoms with Crippen molar-refractivity contribution in [1.82, 2.24) is 25.3 Å². The first kappa shape index (κ1) is 19.6. The number of pyridine rings is 2. The maximum Gasteiger partial charge on any atom is 0.241 e. The third-order valence-corrected chi connectivity index (χ3v) is 5.54. The van der Waals surface area contributed by atoms with Gasteiger partial charge in [0.05, 0.1) is 30.2 Å². The monoisotopic (exact) mass is 420 g/mol. The first-order valence-corrected chi connectivity index (χ1v) is 10.4. The molecule has 2 aliphatic rings. The van der Waals surface area contributed by atoms with Crippen molar-refractivity contribution >= 4 is 40.1 Å². The van der Waals surface area contributed by atoms with Crippen LogP contribution < -0.4 is 20.4 Å². The lowest BCUT2D eigenvalue weighted by Gasteiger charge is -2.33. The fraction of sp³-hybridized carbons (Fsp3) is 0.381. The molecule has 2 saturated heterocycles. The molecule has 5 rings (SSSR count). The molecule has 3 aromatic heterocycles. The van der Waals surface area contributed by atoms with Crippen molar-refractivity contribution in [1.29, 1.82) is 0 Å². The van der Waals surface area contributed by atoms with Crippen LogP contribution in [0.15, 0.2) is 30.6 Å². The Labute approximate surface area is 179 Å². The molecule has 0 saturated carbocycles. The number of fused-ring (bicyclic) bond motifs is 1. The standard InChI is InChI=1S/C21H24N8O2/c1-13(30)16-9-14-10-24-21(27-19(14)20(25-16)28-6-2-7-28)26-17-4-3-15(11-23-17)29-8-5-22-12-18(29)31/h3-4,9-11,13,22,30H,2,5-8,12H2,1H3,(H,23,24,26,27). The molecular weight excluding hydrogens is 396 g/mol. The molecule has 0 radical (unpaired) electrons. The van der Waals surface area contributed by atoms with E-state index in [4.69, 9.17) is 0 Å². The van der Waals surface area contributed by atoms with Gasteiger partial charge >= 0.3 is 0 Å². The van der Waals surface area contributed by atoms with E-state index in [0.29, 0.717) is 30.5 Å². The van der Waals surface area contributed by atoms with Crippen LogP contribution in [0.25, 0.3) is 10.9 Å². The first-order valence-electron chi connectivity index (χ1n) is 10.4. The number of rotatable bonds is 5. The van der Waals surface area contributed by atoms with Gasteiger partial charge in [-0.3, -0.25) is 4.79 Å². The molecule has 10 nitrogen and oxygen atoms in total. The van der Waals surface area contributed by atoms with E-state index in [9.17, 15) is 9.90 Å². The fourth-order valence-corrected chi connectivity index (χ4v) is 3.68. The average Bonchev–Trinajstić information content (AvgIpc) is 2.73. The number of aromatic nitrogens is 4. The van der Waals surface area contributed by atoms with E-state index < -0.39 is 6.10 Å². The van der Waals surface area contributed by atoms with Gasteiger partial charge in [-0.15, -0.1) is 0 Å². The topological polar surface area (TPSA) is 119 Å². The van der Waals surface area contributed by atoms with Crippen molar-refractivity contribution in [2.75, 3.05) is 47.8 Å². The Balaban J connectivity index is 1.41. The van der Waals surface area contributed by atoms with Crippen LogP contribution in [0.5, 0.6) is 0 Å². The molecule has 3 N–H and O–H groups in total. The molecule has 160 valence electrons. The average molecular weight is 420 g/mol. The van der Waals surface area contributed by atoms with E-state index in [0.717, 1.165) is 48.5 Å². The highest BCUT2D eigenvalue weighted by Crippen LogP contribution is 2.30. The second kappa shape index (κ2) is 8.05. The van der Waals surface area contributed by atoms with Gasteiger partial charge < -0.3 is 25.5 Å². The summed E-state index contributed by atoms with van der Waals surface area (Å²) in [5, 5.41) is 17.0. The van der Waals surface area contributed by atoms with Crippen molar-refractivity contribution in [3.63, 3.8) is 0 Å². The van der Waals surface area contributed by atoms with Crippen molar-refractivity contribution in [2.24, 2.45) is 0 Å². The number of hydrogen-bond acceptors (Lipinski definition) is 9. The summed E-state index contributed by atoms with van der Waals surface area (Å²) in [6.07, 6.45) is 3.86. The molecule has 0 aliphatic carbocycles. The molecule has 0 bridgehead atoms. The molecule has 10 heteroatoms. The number of carbonyl (C=O) groups excluding carboxylic acids is 1. The van der Waals surface area contributed by atoms with Crippen LogP contribution in [0.4, 0.5) is 23.3 Å². The van der Waals surface area contributed by atoms with Crippen LogP contribution in [0.3, 0.4) is 0 Å². The second-order valence-corrected chi connectivity index (χ2v) is 7.77. The lowest BCUT2D eigenvalue weighted by Crippen LogP contribution is -2.48. The largest absolute Gasteiger partial charge is 0.387 e. The molecule has 1 atom stereocenters. The van der Waals surface area contributed by atoms with E-state index in [-0.39, 0.29) is 5.91 Å². The van der Waals surface area contributed by atoms with Gasteiger partial charge in [-0.25, -0.2) is 19.9 Å². The molecule has 1 unspecified atom stereocenters. The molecule has 0 spiro atoms. The van der Waals surface area contributed by atoms with Gasteiger partial charge in [0.25, 0.3) is 0 Å². The quantitative estimate of drug-likeness (QED) is 0.562. The highest BCUT2D eigenvalue weighted by Gasteiger charge is 2.22. The first-order chi connectivity index (χ1) is 15.1. The Kier molecular flexibility index (Phi) is 5.08. The third-order valence-electron chi connectivity index (χ3n) is 5.54. The number of aliphatic hydroxyl groups is 1. The predicted octanol–water partition coefficient (Wildman–Crippen LogP) is 1.36. The Morgan fingerprint density at radius 3 is 2.71 bits per heavy atom. The predicted molar refractivity (Wildman–Crippen MR) is 118 cm³/mol. The molecule has 2 aliphatic heterocycles. The van der Waals surface area contributed by atoms with Crippen molar-refractivity contribution in [3.8, 4) is 0 Å². The number of hydrogen-bond donors (Lipinski definition) is 3. The third kappa shape index (κ3) is 3.87. The Bertz CT molecular complexity index is 1110. The summed E-state index contributed by atoms with van der Waals surface area (Å²) in [4.78, 5) is 34.1. The van der Waals surface area contributed by atoms with Gasteiger partial charge in [-0.1, -0.05) is 0 Å². The fourth-order valence-electron chi connectivity index (χ4n) is 3.68.